The Bertz CT molecular complexity index is 2080. The molecule has 7 nitrogen and oxygen atoms in total. The Balaban J connectivity index is 1.32. The number of aliphatic hydroxyl groups is 1. The van der Waals surface area contributed by atoms with Crippen molar-refractivity contribution in [1.29, 1.82) is 0 Å². The van der Waals surface area contributed by atoms with E-state index in [9.17, 15) is 15.4 Å². The standard InChI is InChI=1S/C41H37N5O2/c42-44-43-37(25-29-11-3-1-4-12-29)39-40(47)38(26-30-13-5-2-6-14-30)45(27-31-19-21-33-15-7-9-17-35(33)23-31)41(48)46(39)28-32-20-22-34-16-8-10-18-36(34)24-32/h1-24,37-40,47H,25-28H2/t37-,38+,39+,40-/m0/s1. The van der Waals surface area contributed by atoms with Gasteiger partial charge in [-0.25, -0.2) is 4.79 Å². The number of nitrogens with zero attached hydrogens (tertiary/aromatic N) is 5. The van der Waals surface area contributed by atoms with E-state index in [4.69, 9.17) is 0 Å². The first-order valence-electron chi connectivity index (χ1n) is 16.4. The second-order valence-electron chi connectivity index (χ2n) is 12.6. The van der Waals surface area contributed by atoms with Crippen LogP contribution in [0.25, 0.3) is 32.0 Å². The molecule has 2 amide bonds. The van der Waals surface area contributed by atoms with Gasteiger partial charge in [-0.15, -0.1) is 0 Å². The van der Waals surface area contributed by atoms with Crippen molar-refractivity contribution >= 4 is 27.6 Å². The summed E-state index contributed by atoms with van der Waals surface area (Å²) in [5.41, 5.74) is 13.7. The zero-order valence-electron chi connectivity index (χ0n) is 26.6. The van der Waals surface area contributed by atoms with E-state index in [0.29, 0.717) is 19.4 Å². The molecule has 4 atom stereocenters. The highest BCUT2D eigenvalue weighted by Crippen LogP contribution is 2.33. The largest absolute Gasteiger partial charge is 0.389 e. The molecule has 0 bridgehead atoms. The minimum atomic E-state index is -1.01. The fourth-order valence-corrected chi connectivity index (χ4v) is 7.13. The zero-order chi connectivity index (χ0) is 32.9. The summed E-state index contributed by atoms with van der Waals surface area (Å²) in [6, 6.07) is 46.3. The maximum absolute atomic E-state index is 15.0. The summed E-state index contributed by atoms with van der Waals surface area (Å²) >= 11 is 0. The number of urea groups is 1. The van der Waals surface area contributed by atoms with Crippen molar-refractivity contribution in [1.82, 2.24) is 9.80 Å². The van der Waals surface area contributed by atoms with Crippen molar-refractivity contribution in [2.45, 2.75) is 50.2 Å². The highest BCUT2D eigenvalue weighted by Gasteiger charge is 2.48. The Morgan fingerprint density at radius 2 is 1.12 bits per heavy atom. The predicted octanol–water partition coefficient (Wildman–Crippen LogP) is 8.69. The lowest BCUT2D eigenvalue weighted by Crippen LogP contribution is -2.68. The molecule has 6 aromatic carbocycles. The van der Waals surface area contributed by atoms with Crippen LogP contribution in [0.2, 0.25) is 0 Å². The molecule has 1 heterocycles. The number of aliphatic hydroxyl groups excluding tert-OH is 1. The molecule has 0 aromatic heterocycles. The van der Waals surface area contributed by atoms with E-state index < -0.39 is 24.2 Å². The second kappa shape index (κ2) is 14.0. The summed E-state index contributed by atoms with van der Waals surface area (Å²) in [7, 11) is 0. The van der Waals surface area contributed by atoms with Gasteiger partial charge in [0.15, 0.2) is 0 Å². The quantitative estimate of drug-likeness (QED) is 0.0931. The molecular weight excluding hydrogens is 594 g/mol. The van der Waals surface area contributed by atoms with E-state index in [1.165, 1.54) is 0 Å². The number of hydrogen-bond donors (Lipinski definition) is 1. The Kier molecular flexibility index (Phi) is 9.05. The molecule has 0 radical (unpaired) electrons. The first-order chi connectivity index (χ1) is 23.6. The lowest BCUT2D eigenvalue weighted by Gasteiger charge is -2.51. The van der Waals surface area contributed by atoms with Crippen LogP contribution in [-0.2, 0) is 25.9 Å². The van der Waals surface area contributed by atoms with Gasteiger partial charge < -0.3 is 14.9 Å². The van der Waals surface area contributed by atoms with Crippen molar-refractivity contribution in [2.24, 2.45) is 5.11 Å². The normalized spacial score (nSPS) is 18.5. The van der Waals surface area contributed by atoms with Crippen LogP contribution < -0.4 is 0 Å². The maximum atomic E-state index is 15.0. The number of hydrogen-bond acceptors (Lipinski definition) is 3. The van der Waals surface area contributed by atoms with Crippen molar-refractivity contribution < 1.29 is 9.90 Å². The van der Waals surface area contributed by atoms with Gasteiger partial charge in [-0.05, 0) is 74.3 Å². The average Bonchev–Trinajstić information content (AvgIpc) is 3.12. The molecule has 0 unspecified atom stereocenters. The molecule has 1 N–H and O–H groups in total. The molecule has 7 rings (SSSR count). The van der Waals surface area contributed by atoms with E-state index >= 15 is 0 Å². The number of amides is 2. The molecule has 238 valence electrons. The molecule has 0 saturated carbocycles. The third-order valence-corrected chi connectivity index (χ3v) is 9.50. The Morgan fingerprint density at radius 1 is 0.625 bits per heavy atom. The van der Waals surface area contributed by atoms with Gasteiger partial charge >= 0.3 is 6.03 Å². The number of azide groups is 1. The fourth-order valence-electron chi connectivity index (χ4n) is 7.13. The van der Waals surface area contributed by atoms with Crippen molar-refractivity contribution in [3.63, 3.8) is 0 Å². The van der Waals surface area contributed by atoms with Gasteiger partial charge in [-0.2, -0.15) is 0 Å². The van der Waals surface area contributed by atoms with Gasteiger partial charge in [0.2, 0.25) is 0 Å². The molecule has 1 fully saturated rings. The first kappa shape index (κ1) is 31.0. The van der Waals surface area contributed by atoms with Crippen LogP contribution >= 0.6 is 0 Å². The lowest BCUT2D eigenvalue weighted by atomic mass is 9.85. The SMILES string of the molecule is [N-]=[N+]=N[C@@H](Cc1ccccc1)[C@@H]1[C@@H](O)[C@@H](Cc2ccccc2)N(Cc2ccc3ccccc3c2)C(=O)N1Cc1ccc2ccccc2c1. The van der Waals surface area contributed by atoms with Gasteiger partial charge in [0, 0.05) is 18.0 Å². The van der Waals surface area contributed by atoms with Gasteiger partial charge in [0.25, 0.3) is 0 Å². The summed E-state index contributed by atoms with van der Waals surface area (Å²) in [4.78, 5) is 21.8. The van der Waals surface area contributed by atoms with Crippen molar-refractivity contribution in [2.75, 3.05) is 0 Å². The summed E-state index contributed by atoms with van der Waals surface area (Å²) in [6.07, 6.45) is -0.171. The number of carbonyl (C=O) groups excluding carboxylic acids is 1. The highest BCUT2D eigenvalue weighted by atomic mass is 16.3. The number of benzene rings is 6. The van der Waals surface area contributed by atoms with Crippen LogP contribution in [0.3, 0.4) is 0 Å². The van der Waals surface area contributed by atoms with Gasteiger partial charge in [-0.1, -0.05) is 139 Å². The molecule has 1 saturated heterocycles. The van der Waals surface area contributed by atoms with E-state index in [1.807, 2.05) is 95.9 Å². The molecule has 1 aliphatic rings. The first-order valence-corrected chi connectivity index (χ1v) is 16.4. The van der Waals surface area contributed by atoms with E-state index in [-0.39, 0.29) is 12.6 Å². The summed E-state index contributed by atoms with van der Waals surface area (Å²) in [5, 5.41) is 21.2. The molecule has 6 aromatic rings. The minimum Gasteiger partial charge on any atom is -0.389 e. The summed E-state index contributed by atoms with van der Waals surface area (Å²) in [6.45, 7) is 0.577. The summed E-state index contributed by atoms with van der Waals surface area (Å²) < 4.78 is 0. The van der Waals surface area contributed by atoms with Gasteiger partial charge in [0.05, 0.1) is 24.2 Å². The van der Waals surface area contributed by atoms with Crippen molar-refractivity contribution in [3.05, 3.63) is 178 Å². The topological polar surface area (TPSA) is 92.5 Å². The minimum absolute atomic E-state index is 0.196. The summed E-state index contributed by atoms with van der Waals surface area (Å²) in [5.74, 6) is 0. The van der Waals surface area contributed by atoms with Gasteiger partial charge in [-0.3, -0.25) is 0 Å². The van der Waals surface area contributed by atoms with Crippen LogP contribution in [0.4, 0.5) is 4.79 Å². The Morgan fingerprint density at radius 3 is 1.69 bits per heavy atom. The number of rotatable bonds is 10. The van der Waals surface area contributed by atoms with Gasteiger partial charge in [0.1, 0.15) is 0 Å². The van der Waals surface area contributed by atoms with E-state index in [2.05, 4.69) is 64.6 Å². The van der Waals surface area contributed by atoms with Crippen LogP contribution in [0.1, 0.15) is 22.3 Å². The number of carbonyl (C=O) groups is 1. The van der Waals surface area contributed by atoms with Crippen LogP contribution in [0, 0.1) is 0 Å². The fraction of sp³-hybridized carbons (Fsp3) is 0.195. The van der Waals surface area contributed by atoms with E-state index in [1.54, 1.807) is 4.90 Å². The smallest absolute Gasteiger partial charge is 0.321 e. The van der Waals surface area contributed by atoms with Crippen LogP contribution in [0.5, 0.6) is 0 Å². The predicted molar refractivity (Wildman–Crippen MR) is 191 cm³/mol. The maximum Gasteiger partial charge on any atom is 0.321 e. The molecule has 48 heavy (non-hydrogen) atoms. The highest BCUT2D eigenvalue weighted by molar-refractivity contribution is 5.84. The third kappa shape index (κ3) is 6.60. The van der Waals surface area contributed by atoms with Crippen molar-refractivity contribution in [3.8, 4) is 0 Å². The number of fused-ring (bicyclic) bond motifs is 2. The second-order valence-corrected chi connectivity index (χ2v) is 12.6. The third-order valence-electron chi connectivity index (χ3n) is 9.50. The molecule has 0 aliphatic carbocycles. The lowest BCUT2D eigenvalue weighted by molar-refractivity contribution is -0.0505. The average molecular weight is 632 g/mol. The monoisotopic (exact) mass is 631 g/mol. The Labute approximate surface area is 280 Å². The molecule has 0 spiro atoms. The molecule has 1 aliphatic heterocycles. The van der Waals surface area contributed by atoms with Crippen LogP contribution in [0.15, 0.2) is 151 Å². The zero-order valence-corrected chi connectivity index (χ0v) is 26.6. The molecular formula is C41H37N5O2. The Hall–Kier alpha value is -5.62. The van der Waals surface area contributed by atoms with E-state index in [0.717, 1.165) is 43.8 Å². The van der Waals surface area contributed by atoms with Crippen LogP contribution in [-0.4, -0.2) is 45.2 Å². The molecule has 7 heteroatoms.